The van der Waals surface area contributed by atoms with Gasteiger partial charge in [-0.2, -0.15) is 0 Å². The minimum Gasteiger partial charge on any atom is -0.497 e. The predicted molar refractivity (Wildman–Crippen MR) is 113 cm³/mol. The number of ether oxygens (including phenoxy) is 4. The van der Waals surface area contributed by atoms with Crippen LogP contribution in [0.2, 0.25) is 0 Å². The normalized spacial score (nSPS) is 11.7. The van der Waals surface area contributed by atoms with Crippen LogP contribution < -0.4 is 29.6 Å². The second kappa shape index (κ2) is 8.92. The molecule has 0 radical (unpaired) electrons. The maximum Gasteiger partial charge on any atom is 0.271 e. The average molecular weight is 441 g/mol. The molecule has 2 amide bonds. The Hall–Kier alpha value is -3.79. The van der Waals surface area contributed by atoms with Crippen molar-refractivity contribution in [1.29, 1.82) is 0 Å². The van der Waals surface area contributed by atoms with Crippen LogP contribution in [0.1, 0.15) is 26.4 Å². The molecule has 0 spiro atoms. The Morgan fingerprint density at radius 3 is 2.52 bits per heavy atom. The topological polar surface area (TPSA) is 108 Å². The zero-order chi connectivity index (χ0) is 21.8. The van der Waals surface area contributed by atoms with Gasteiger partial charge in [0.2, 0.25) is 6.79 Å². The molecule has 2 heterocycles. The molecule has 1 aliphatic rings. The second-order valence-electron chi connectivity index (χ2n) is 6.46. The highest BCUT2D eigenvalue weighted by Gasteiger charge is 2.16. The van der Waals surface area contributed by atoms with Crippen LogP contribution in [-0.4, -0.2) is 37.8 Å². The Bertz CT molecular complexity index is 1110. The summed E-state index contributed by atoms with van der Waals surface area (Å²) in [4.78, 5) is 29.2. The fourth-order valence-electron chi connectivity index (χ4n) is 2.87. The smallest absolute Gasteiger partial charge is 0.271 e. The first-order valence-corrected chi connectivity index (χ1v) is 10.1. The Labute approximate surface area is 181 Å². The van der Waals surface area contributed by atoms with Crippen molar-refractivity contribution < 1.29 is 28.5 Å². The lowest BCUT2D eigenvalue weighted by atomic mass is 10.2. The van der Waals surface area contributed by atoms with E-state index in [1.807, 2.05) is 12.1 Å². The molecule has 0 unspecified atom stereocenters. The van der Waals surface area contributed by atoms with Gasteiger partial charge in [0, 0.05) is 23.6 Å². The minimum atomic E-state index is -0.390. The lowest BCUT2D eigenvalue weighted by Gasteiger charge is -2.08. The van der Waals surface area contributed by atoms with E-state index in [4.69, 9.17) is 18.9 Å². The van der Waals surface area contributed by atoms with Crippen molar-refractivity contribution in [3.63, 3.8) is 0 Å². The molecule has 0 atom stereocenters. The maximum absolute atomic E-state index is 12.6. The number of methoxy groups -OCH3 is 2. The summed E-state index contributed by atoms with van der Waals surface area (Å²) in [5.74, 6) is 1.58. The molecule has 0 saturated carbocycles. The van der Waals surface area contributed by atoms with Gasteiger partial charge in [-0.3, -0.25) is 14.9 Å². The number of carbonyl (C=O) groups excluding carboxylic acids is 2. The van der Waals surface area contributed by atoms with E-state index >= 15 is 0 Å². The standard InChI is InChI=1S/C21H19N3O6S/c1-27-14-6-13(7-15(8-14)28-2)19(25)24-21-23-16(10-31-21)20(26)22-9-12-3-4-17-18(5-12)30-11-29-17/h3-8,10H,9,11H2,1-2H3,(H,22,26)(H,23,24,25). The van der Waals surface area contributed by atoms with Crippen LogP contribution in [0.5, 0.6) is 23.0 Å². The van der Waals surface area contributed by atoms with Gasteiger partial charge >= 0.3 is 0 Å². The highest BCUT2D eigenvalue weighted by atomic mass is 32.1. The largest absolute Gasteiger partial charge is 0.497 e. The molecule has 10 heteroatoms. The quantitative estimate of drug-likeness (QED) is 0.580. The van der Waals surface area contributed by atoms with Crippen LogP contribution in [0.4, 0.5) is 5.13 Å². The number of hydrogen-bond donors (Lipinski definition) is 2. The van der Waals surface area contributed by atoms with E-state index in [2.05, 4.69) is 15.6 Å². The van der Waals surface area contributed by atoms with Crippen molar-refractivity contribution in [1.82, 2.24) is 10.3 Å². The van der Waals surface area contributed by atoms with Crippen molar-refractivity contribution in [2.24, 2.45) is 0 Å². The number of carbonyl (C=O) groups is 2. The Morgan fingerprint density at radius 2 is 1.77 bits per heavy atom. The van der Waals surface area contributed by atoms with Gasteiger partial charge in [-0.05, 0) is 29.8 Å². The fourth-order valence-corrected chi connectivity index (χ4v) is 3.55. The van der Waals surface area contributed by atoms with Crippen LogP contribution in [0, 0.1) is 0 Å². The fraction of sp³-hybridized carbons (Fsp3) is 0.190. The molecule has 0 bridgehead atoms. The summed E-state index contributed by atoms with van der Waals surface area (Å²) in [5.41, 5.74) is 1.43. The van der Waals surface area contributed by atoms with Crippen molar-refractivity contribution >= 4 is 28.3 Å². The summed E-state index contributed by atoms with van der Waals surface area (Å²) in [6.45, 7) is 0.499. The third-order valence-corrected chi connectivity index (χ3v) is 5.22. The zero-order valence-corrected chi connectivity index (χ0v) is 17.6. The van der Waals surface area contributed by atoms with E-state index in [-0.39, 0.29) is 24.3 Å². The highest BCUT2D eigenvalue weighted by Crippen LogP contribution is 2.32. The molecule has 3 aromatic rings. The lowest BCUT2D eigenvalue weighted by Crippen LogP contribution is -2.23. The number of rotatable bonds is 7. The molecule has 4 rings (SSSR count). The molecular formula is C21H19N3O6S. The monoisotopic (exact) mass is 441 g/mol. The number of hydrogen-bond acceptors (Lipinski definition) is 8. The average Bonchev–Trinajstić information content (AvgIpc) is 3.46. The molecule has 2 aromatic carbocycles. The minimum absolute atomic E-state index is 0.195. The highest BCUT2D eigenvalue weighted by molar-refractivity contribution is 7.14. The SMILES string of the molecule is COc1cc(OC)cc(C(=O)Nc2nc(C(=O)NCc3ccc4c(c3)OCO4)cs2)c1. The Balaban J connectivity index is 1.37. The van der Waals surface area contributed by atoms with Crippen LogP contribution >= 0.6 is 11.3 Å². The van der Waals surface area contributed by atoms with Gasteiger partial charge in [0.25, 0.3) is 11.8 Å². The van der Waals surface area contributed by atoms with Gasteiger partial charge in [0.05, 0.1) is 14.2 Å². The number of aromatic nitrogens is 1. The van der Waals surface area contributed by atoms with E-state index < -0.39 is 0 Å². The Morgan fingerprint density at radius 1 is 1.03 bits per heavy atom. The zero-order valence-electron chi connectivity index (χ0n) is 16.8. The molecule has 31 heavy (non-hydrogen) atoms. The van der Waals surface area contributed by atoms with Crippen molar-refractivity contribution in [2.75, 3.05) is 26.3 Å². The van der Waals surface area contributed by atoms with E-state index in [9.17, 15) is 9.59 Å². The third-order valence-electron chi connectivity index (χ3n) is 4.46. The van der Waals surface area contributed by atoms with Crippen molar-refractivity contribution in [2.45, 2.75) is 6.54 Å². The van der Waals surface area contributed by atoms with E-state index in [0.29, 0.717) is 40.2 Å². The maximum atomic E-state index is 12.6. The van der Waals surface area contributed by atoms with Crippen LogP contribution in [0.3, 0.4) is 0 Å². The van der Waals surface area contributed by atoms with Gasteiger partial charge in [-0.25, -0.2) is 4.98 Å². The molecule has 9 nitrogen and oxygen atoms in total. The second-order valence-corrected chi connectivity index (χ2v) is 7.32. The van der Waals surface area contributed by atoms with Gasteiger partial charge in [-0.1, -0.05) is 6.07 Å². The van der Waals surface area contributed by atoms with Gasteiger partial charge in [0.1, 0.15) is 17.2 Å². The molecule has 0 saturated heterocycles. The first-order chi connectivity index (χ1) is 15.1. The molecule has 0 fully saturated rings. The number of benzene rings is 2. The van der Waals surface area contributed by atoms with E-state index in [1.54, 1.807) is 29.6 Å². The number of anilines is 1. The van der Waals surface area contributed by atoms with Gasteiger partial charge in [-0.15, -0.1) is 11.3 Å². The number of thiazole rings is 1. The lowest BCUT2D eigenvalue weighted by molar-refractivity contribution is 0.0945. The van der Waals surface area contributed by atoms with Crippen LogP contribution in [0.25, 0.3) is 0 Å². The number of amides is 2. The Kier molecular flexibility index (Phi) is 5.89. The van der Waals surface area contributed by atoms with E-state index in [0.717, 1.165) is 16.9 Å². The summed E-state index contributed by atoms with van der Waals surface area (Å²) < 4.78 is 21.0. The summed E-state index contributed by atoms with van der Waals surface area (Å²) in [7, 11) is 3.01. The molecular weight excluding hydrogens is 422 g/mol. The third kappa shape index (κ3) is 4.69. The van der Waals surface area contributed by atoms with Crippen LogP contribution in [-0.2, 0) is 6.54 Å². The molecule has 160 valence electrons. The number of nitrogens with one attached hydrogen (secondary N) is 2. The number of nitrogens with zero attached hydrogens (tertiary/aromatic N) is 1. The molecule has 1 aromatic heterocycles. The summed E-state index contributed by atoms with van der Waals surface area (Å²) in [6.07, 6.45) is 0. The summed E-state index contributed by atoms with van der Waals surface area (Å²) >= 11 is 1.16. The van der Waals surface area contributed by atoms with Crippen molar-refractivity contribution in [3.05, 3.63) is 58.6 Å². The first-order valence-electron chi connectivity index (χ1n) is 9.22. The summed E-state index contributed by atoms with van der Waals surface area (Å²) in [6, 6.07) is 10.3. The summed E-state index contributed by atoms with van der Waals surface area (Å²) in [5, 5.41) is 7.37. The van der Waals surface area contributed by atoms with Gasteiger partial charge in [0.15, 0.2) is 16.6 Å². The number of fused-ring (bicyclic) bond motifs is 1. The van der Waals surface area contributed by atoms with Gasteiger partial charge < -0.3 is 24.3 Å². The predicted octanol–water partition coefficient (Wildman–Crippen LogP) is 3.07. The molecule has 2 N–H and O–H groups in total. The van der Waals surface area contributed by atoms with Crippen LogP contribution in [0.15, 0.2) is 41.8 Å². The van der Waals surface area contributed by atoms with E-state index in [1.165, 1.54) is 14.2 Å². The van der Waals surface area contributed by atoms with Crippen molar-refractivity contribution in [3.8, 4) is 23.0 Å². The molecule has 0 aliphatic carbocycles. The molecule has 1 aliphatic heterocycles. The first kappa shape index (κ1) is 20.5.